The van der Waals surface area contributed by atoms with E-state index in [-0.39, 0.29) is 22.7 Å². The van der Waals surface area contributed by atoms with Crippen molar-refractivity contribution in [3.63, 3.8) is 0 Å². The van der Waals surface area contributed by atoms with Gasteiger partial charge in [0.05, 0.1) is 6.10 Å². The molecule has 0 spiro atoms. The second-order valence-corrected chi connectivity index (χ2v) is 5.24. The summed E-state index contributed by atoms with van der Waals surface area (Å²) in [6.45, 7) is 3.95. The summed E-state index contributed by atoms with van der Waals surface area (Å²) in [6.07, 6.45) is 5.51. The minimum absolute atomic E-state index is 0.112. The van der Waals surface area contributed by atoms with Crippen molar-refractivity contribution in [3.8, 4) is 0 Å². The van der Waals surface area contributed by atoms with Gasteiger partial charge in [0.1, 0.15) is 0 Å². The summed E-state index contributed by atoms with van der Waals surface area (Å²) in [4.78, 5) is 11.7. The second kappa shape index (κ2) is 2.30. The molecule has 2 heteroatoms. The van der Waals surface area contributed by atoms with E-state index in [0.717, 1.165) is 37.7 Å². The molecule has 3 fully saturated rings. The van der Waals surface area contributed by atoms with E-state index < -0.39 is 0 Å². The van der Waals surface area contributed by atoms with Gasteiger partial charge in [0.25, 0.3) is 0 Å². The lowest BCUT2D eigenvalue weighted by Gasteiger charge is -2.36. The molecule has 3 saturated carbocycles. The van der Waals surface area contributed by atoms with E-state index in [1.54, 1.807) is 0 Å². The average Bonchev–Trinajstić information content (AvgIpc) is 2.68. The van der Waals surface area contributed by atoms with Crippen molar-refractivity contribution in [1.82, 2.24) is 0 Å². The summed E-state index contributed by atoms with van der Waals surface area (Å²) in [6, 6.07) is 0. The Balaban J connectivity index is 2.19. The number of hydrogen-bond donors (Lipinski definition) is 1. The minimum Gasteiger partial charge on any atom is -0.392 e. The van der Waals surface area contributed by atoms with Crippen molar-refractivity contribution in [2.24, 2.45) is 10.8 Å². The van der Waals surface area contributed by atoms with E-state index in [1.165, 1.54) is 0 Å². The summed E-state index contributed by atoms with van der Waals surface area (Å²) in [7, 11) is 0. The van der Waals surface area contributed by atoms with Gasteiger partial charge in [0, 0.05) is 11.8 Å². The molecule has 0 amide bonds. The molecule has 0 unspecified atom stereocenters. The molecule has 1 N–H and O–H groups in total. The standard InChI is InChI=1S/C12H16O2/c1-8-9(13)7-11-4-2-5-12(8,11)10(14)3-6-11/h10,14H,1-7H2/t10-,11+,12+/m0/s1. The number of ketones is 1. The molecule has 0 aromatic heterocycles. The van der Waals surface area contributed by atoms with Gasteiger partial charge in [-0.1, -0.05) is 13.0 Å². The normalized spacial score (nSPS) is 51.1. The number of rotatable bonds is 0. The highest BCUT2D eigenvalue weighted by Gasteiger charge is 2.68. The molecule has 0 heterocycles. The molecule has 3 aliphatic carbocycles. The minimum atomic E-state index is -0.302. The zero-order chi connectivity index (χ0) is 9.97. The second-order valence-electron chi connectivity index (χ2n) is 5.24. The Morgan fingerprint density at radius 2 is 2.14 bits per heavy atom. The monoisotopic (exact) mass is 192 g/mol. The van der Waals surface area contributed by atoms with Crippen LogP contribution in [0.2, 0.25) is 0 Å². The molecule has 0 aromatic rings. The van der Waals surface area contributed by atoms with Gasteiger partial charge in [0.15, 0.2) is 5.78 Å². The molecule has 0 bridgehead atoms. The van der Waals surface area contributed by atoms with Gasteiger partial charge in [0.2, 0.25) is 0 Å². The fourth-order valence-electron chi connectivity index (χ4n) is 4.39. The smallest absolute Gasteiger partial charge is 0.159 e. The molecule has 3 aliphatic rings. The van der Waals surface area contributed by atoms with Crippen molar-refractivity contribution in [3.05, 3.63) is 12.2 Å². The van der Waals surface area contributed by atoms with Gasteiger partial charge in [-0.3, -0.25) is 4.79 Å². The number of hydrogen-bond acceptors (Lipinski definition) is 2. The number of carbonyl (C=O) groups excluding carboxylic acids is 1. The van der Waals surface area contributed by atoms with Gasteiger partial charge in [-0.2, -0.15) is 0 Å². The van der Waals surface area contributed by atoms with Crippen LogP contribution in [-0.4, -0.2) is 17.0 Å². The van der Waals surface area contributed by atoms with E-state index in [0.29, 0.717) is 6.42 Å². The van der Waals surface area contributed by atoms with Crippen LogP contribution in [0.25, 0.3) is 0 Å². The highest BCUT2D eigenvalue weighted by atomic mass is 16.3. The number of aliphatic hydroxyl groups excluding tert-OH is 1. The van der Waals surface area contributed by atoms with Crippen LogP contribution in [0.4, 0.5) is 0 Å². The highest BCUT2D eigenvalue weighted by molar-refractivity contribution is 6.00. The Morgan fingerprint density at radius 1 is 1.36 bits per heavy atom. The van der Waals surface area contributed by atoms with Crippen LogP contribution in [0, 0.1) is 10.8 Å². The summed E-state index contributed by atoms with van der Waals surface area (Å²) in [5.41, 5.74) is 0.644. The summed E-state index contributed by atoms with van der Waals surface area (Å²) < 4.78 is 0. The summed E-state index contributed by atoms with van der Waals surface area (Å²) >= 11 is 0. The fraction of sp³-hybridized carbons (Fsp3) is 0.750. The van der Waals surface area contributed by atoms with E-state index in [1.807, 2.05) is 0 Å². The molecule has 0 radical (unpaired) electrons. The maximum Gasteiger partial charge on any atom is 0.159 e. The SMILES string of the molecule is C=C1C(=O)C[C@]23CCC[C@]12[C@@H](O)CC3. The first-order chi connectivity index (χ1) is 6.62. The van der Waals surface area contributed by atoms with E-state index in [9.17, 15) is 9.90 Å². The van der Waals surface area contributed by atoms with Crippen LogP contribution in [0.5, 0.6) is 0 Å². The first-order valence-corrected chi connectivity index (χ1v) is 5.53. The lowest BCUT2D eigenvalue weighted by molar-refractivity contribution is -0.115. The third-order valence-electron chi connectivity index (χ3n) is 5.01. The van der Waals surface area contributed by atoms with Crippen molar-refractivity contribution in [2.75, 3.05) is 0 Å². The van der Waals surface area contributed by atoms with Crippen molar-refractivity contribution in [1.29, 1.82) is 0 Å². The molecule has 0 aliphatic heterocycles. The third kappa shape index (κ3) is 0.650. The topological polar surface area (TPSA) is 37.3 Å². The molecular weight excluding hydrogens is 176 g/mol. The van der Waals surface area contributed by atoms with Crippen LogP contribution < -0.4 is 0 Å². The maximum atomic E-state index is 11.7. The molecule has 0 saturated heterocycles. The molecule has 76 valence electrons. The Morgan fingerprint density at radius 3 is 2.86 bits per heavy atom. The van der Waals surface area contributed by atoms with Gasteiger partial charge >= 0.3 is 0 Å². The fourth-order valence-corrected chi connectivity index (χ4v) is 4.39. The van der Waals surface area contributed by atoms with Crippen molar-refractivity contribution >= 4 is 5.78 Å². The van der Waals surface area contributed by atoms with Gasteiger partial charge in [-0.25, -0.2) is 0 Å². The van der Waals surface area contributed by atoms with Gasteiger partial charge in [-0.15, -0.1) is 0 Å². The Hall–Kier alpha value is -0.630. The van der Waals surface area contributed by atoms with Crippen LogP contribution >= 0.6 is 0 Å². The van der Waals surface area contributed by atoms with E-state index in [4.69, 9.17) is 0 Å². The molecule has 3 rings (SSSR count). The molecule has 3 atom stereocenters. The lowest BCUT2D eigenvalue weighted by Crippen LogP contribution is -2.36. The van der Waals surface area contributed by atoms with Crippen LogP contribution in [0.1, 0.15) is 38.5 Å². The summed E-state index contributed by atoms with van der Waals surface area (Å²) in [5, 5.41) is 10.1. The third-order valence-corrected chi connectivity index (χ3v) is 5.01. The summed E-state index contributed by atoms with van der Waals surface area (Å²) in [5.74, 6) is 0.212. The zero-order valence-electron chi connectivity index (χ0n) is 8.38. The van der Waals surface area contributed by atoms with E-state index >= 15 is 0 Å². The first kappa shape index (κ1) is 8.66. The zero-order valence-corrected chi connectivity index (χ0v) is 8.38. The molecule has 14 heavy (non-hydrogen) atoms. The maximum absolute atomic E-state index is 11.7. The van der Waals surface area contributed by atoms with Crippen LogP contribution in [0.15, 0.2) is 12.2 Å². The highest BCUT2D eigenvalue weighted by Crippen LogP contribution is 2.71. The Bertz CT molecular complexity index is 333. The predicted octanol–water partition coefficient (Wildman–Crippen LogP) is 1.83. The first-order valence-electron chi connectivity index (χ1n) is 5.53. The van der Waals surface area contributed by atoms with Crippen molar-refractivity contribution in [2.45, 2.75) is 44.6 Å². The predicted molar refractivity (Wildman–Crippen MR) is 52.7 cm³/mol. The molecule has 0 aromatic carbocycles. The van der Waals surface area contributed by atoms with Gasteiger partial charge in [-0.05, 0) is 36.7 Å². The van der Waals surface area contributed by atoms with Crippen molar-refractivity contribution < 1.29 is 9.90 Å². The number of Topliss-reactive ketones (excluding diaryl/α,β-unsaturated/α-hetero) is 1. The molecule has 2 nitrogen and oxygen atoms in total. The van der Waals surface area contributed by atoms with Gasteiger partial charge < -0.3 is 5.11 Å². The number of carbonyl (C=O) groups is 1. The quantitative estimate of drug-likeness (QED) is 0.594. The van der Waals surface area contributed by atoms with Crippen LogP contribution in [0.3, 0.4) is 0 Å². The largest absolute Gasteiger partial charge is 0.392 e. The Labute approximate surface area is 84.0 Å². The molecular formula is C12H16O2. The Kier molecular flexibility index (Phi) is 1.42. The van der Waals surface area contributed by atoms with Crippen LogP contribution in [-0.2, 0) is 4.79 Å². The average molecular weight is 192 g/mol. The lowest BCUT2D eigenvalue weighted by atomic mass is 9.68. The van der Waals surface area contributed by atoms with E-state index in [2.05, 4.69) is 6.58 Å². The number of aliphatic hydroxyl groups is 1.